The van der Waals surface area contributed by atoms with Gasteiger partial charge in [-0.3, -0.25) is 0 Å². The summed E-state index contributed by atoms with van der Waals surface area (Å²) >= 11 is 9.23. The Morgan fingerprint density at radius 3 is 2.80 bits per heavy atom. The second-order valence-electron chi connectivity index (χ2n) is 4.74. The highest BCUT2D eigenvalue weighted by molar-refractivity contribution is 9.10. The molecule has 0 amide bonds. The summed E-state index contributed by atoms with van der Waals surface area (Å²) in [6, 6.07) is 9.75. The topological polar surface area (TPSA) is 29.5 Å². The van der Waals surface area contributed by atoms with E-state index in [0.29, 0.717) is 22.8 Å². The number of rotatable bonds is 1. The van der Waals surface area contributed by atoms with Gasteiger partial charge in [-0.15, -0.1) is 0 Å². The molecular weight excluding hydrogens is 347 g/mol. The summed E-state index contributed by atoms with van der Waals surface area (Å²) in [6.07, 6.45) is -0.687. The highest BCUT2D eigenvalue weighted by Gasteiger charge is 2.28. The molecule has 0 fully saturated rings. The predicted octanol–water partition coefficient (Wildman–Crippen LogP) is 4.80. The largest absolute Gasteiger partial charge is 0.485 e. The molecule has 0 saturated heterocycles. The SMILES string of the molecule is O[C@@H]1CC(c2cc(F)cc(Cl)c2)Oc2cc(Br)ccc21. The minimum absolute atomic E-state index is 0.318. The number of hydrogen-bond donors (Lipinski definition) is 1. The fraction of sp³-hybridized carbons (Fsp3) is 0.200. The first-order valence-corrected chi connectivity index (χ1v) is 7.30. The number of fused-ring (bicyclic) bond motifs is 1. The van der Waals surface area contributed by atoms with Gasteiger partial charge in [0.25, 0.3) is 0 Å². The van der Waals surface area contributed by atoms with Crippen molar-refractivity contribution in [3.63, 3.8) is 0 Å². The van der Waals surface area contributed by atoms with Crippen molar-refractivity contribution in [3.8, 4) is 5.75 Å². The third-order valence-corrected chi connectivity index (χ3v) is 4.01. The quantitative estimate of drug-likeness (QED) is 0.794. The zero-order chi connectivity index (χ0) is 14.3. The molecule has 5 heteroatoms. The molecule has 1 N–H and O–H groups in total. The summed E-state index contributed by atoms with van der Waals surface area (Å²) in [5, 5.41) is 10.5. The summed E-state index contributed by atoms with van der Waals surface area (Å²) in [6.45, 7) is 0. The lowest BCUT2D eigenvalue weighted by Gasteiger charge is -2.30. The molecule has 2 nitrogen and oxygen atoms in total. The van der Waals surface area contributed by atoms with Gasteiger partial charge < -0.3 is 9.84 Å². The van der Waals surface area contributed by atoms with E-state index in [2.05, 4.69) is 15.9 Å². The predicted molar refractivity (Wildman–Crippen MR) is 78.5 cm³/mol. The molecule has 1 aliphatic heterocycles. The van der Waals surface area contributed by atoms with Crippen molar-refractivity contribution in [2.75, 3.05) is 0 Å². The fourth-order valence-corrected chi connectivity index (χ4v) is 2.95. The average molecular weight is 358 g/mol. The van der Waals surface area contributed by atoms with E-state index in [1.165, 1.54) is 12.1 Å². The van der Waals surface area contributed by atoms with E-state index in [1.807, 2.05) is 12.1 Å². The summed E-state index contributed by atoms with van der Waals surface area (Å²) in [4.78, 5) is 0. The van der Waals surface area contributed by atoms with E-state index >= 15 is 0 Å². The molecule has 3 rings (SSSR count). The maximum atomic E-state index is 13.4. The van der Waals surface area contributed by atoms with Crippen LogP contribution in [0.1, 0.15) is 29.8 Å². The molecule has 0 aromatic heterocycles. The van der Waals surface area contributed by atoms with E-state index in [9.17, 15) is 9.50 Å². The molecule has 0 radical (unpaired) electrons. The summed E-state index contributed by atoms with van der Waals surface area (Å²) in [5.41, 5.74) is 1.37. The van der Waals surface area contributed by atoms with Crippen molar-refractivity contribution in [3.05, 3.63) is 62.8 Å². The van der Waals surface area contributed by atoms with Gasteiger partial charge in [-0.2, -0.15) is 0 Å². The first-order chi connectivity index (χ1) is 9.52. The van der Waals surface area contributed by atoms with E-state index in [1.54, 1.807) is 12.1 Å². The van der Waals surface area contributed by atoms with Crippen LogP contribution in [0.3, 0.4) is 0 Å². The molecule has 0 aliphatic carbocycles. The number of ether oxygens (including phenoxy) is 1. The minimum Gasteiger partial charge on any atom is -0.485 e. The van der Waals surface area contributed by atoms with Gasteiger partial charge in [0.05, 0.1) is 6.10 Å². The molecule has 1 unspecified atom stereocenters. The molecule has 1 heterocycles. The van der Waals surface area contributed by atoms with Crippen molar-refractivity contribution >= 4 is 27.5 Å². The number of benzene rings is 2. The normalized spacial score (nSPS) is 21.2. The fourth-order valence-electron chi connectivity index (χ4n) is 2.38. The van der Waals surface area contributed by atoms with E-state index in [-0.39, 0.29) is 0 Å². The van der Waals surface area contributed by atoms with Gasteiger partial charge in [-0.05, 0) is 35.9 Å². The Labute approximate surface area is 129 Å². The first kappa shape index (κ1) is 13.9. The van der Waals surface area contributed by atoms with Gasteiger partial charge in [-0.1, -0.05) is 33.6 Å². The van der Waals surface area contributed by atoms with Crippen molar-refractivity contribution in [2.24, 2.45) is 0 Å². The highest BCUT2D eigenvalue weighted by Crippen LogP contribution is 2.42. The van der Waals surface area contributed by atoms with Crippen LogP contribution in [0.15, 0.2) is 40.9 Å². The first-order valence-electron chi connectivity index (χ1n) is 6.13. The highest BCUT2D eigenvalue weighted by atomic mass is 79.9. The van der Waals surface area contributed by atoms with E-state index in [4.69, 9.17) is 16.3 Å². The van der Waals surface area contributed by atoms with Gasteiger partial charge in [0.2, 0.25) is 0 Å². The molecule has 1 aliphatic rings. The monoisotopic (exact) mass is 356 g/mol. The zero-order valence-corrected chi connectivity index (χ0v) is 12.7. The standard InChI is InChI=1S/C15H11BrClFO2/c16-9-1-2-12-13(19)7-14(20-15(12)5-9)8-3-10(17)6-11(18)4-8/h1-6,13-14,19H,7H2/t13-,14?/m1/s1. The van der Waals surface area contributed by atoms with Gasteiger partial charge in [0.15, 0.2) is 0 Å². The van der Waals surface area contributed by atoms with Crippen LogP contribution >= 0.6 is 27.5 Å². The number of halogens is 3. The molecule has 0 bridgehead atoms. The van der Waals surface area contributed by atoms with Crippen LogP contribution in [-0.4, -0.2) is 5.11 Å². The molecule has 0 saturated carbocycles. The third-order valence-electron chi connectivity index (χ3n) is 3.30. The average Bonchev–Trinajstić information content (AvgIpc) is 2.36. The number of aliphatic hydroxyl groups is 1. The molecule has 2 atom stereocenters. The van der Waals surface area contributed by atoms with Crippen LogP contribution in [0.4, 0.5) is 4.39 Å². The van der Waals surface area contributed by atoms with E-state index in [0.717, 1.165) is 10.0 Å². The smallest absolute Gasteiger partial charge is 0.127 e. The Bertz CT molecular complexity index is 642. The minimum atomic E-state index is -0.640. The van der Waals surface area contributed by atoms with Gasteiger partial charge in [0.1, 0.15) is 17.7 Å². The molecule has 104 valence electrons. The number of hydrogen-bond acceptors (Lipinski definition) is 2. The lowest BCUT2D eigenvalue weighted by Crippen LogP contribution is -2.19. The van der Waals surface area contributed by atoms with Crippen LogP contribution in [0.2, 0.25) is 5.02 Å². The Balaban J connectivity index is 1.98. The van der Waals surface area contributed by atoms with Crippen LogP contribution in [0.25, 0.3) is 0 Å². The summed E-state index contributed by atoms with van der Waals surface area (Å²) in [7, 11) is 0. The maximum absolute atomic E-state index is 13.4. The second-order valence-corrected chi connectivity index (χ2v) is 6.10. The van der Waals surface area contributed by atoms with Crippen molar-refractivity contribution < 1.29 is 14.2 Å². The Hall–Kier alpha value is -1.10. The van der Waals surface area contributed by atoms with Crippen molar-refractivity contribution in [1.82, 2.24) is 0 Å². The van der Waals surface area contributed by atoms with Crippen LogP contribution in [0.5, 0.6) is 5.75 Å². The molecule has 2 aromatic carbocycles. The Kier molecular flexibility index (Phi) is 3.71. The van der Waals surface area contributed by atoms with Crippen molar-refractivity contribution in [1.29, 1.82) is 0 Å². The van der Waals surface area contributed by atoms with Crippen molar-refractivity contribution in [2.45, 2.75) is 18.6 Å². The molecule has 0 spiro atoms. The summed E-state index contributed by atoms with van der Waals surface area (Å²) in [5.74, 6) is 0.189. The van der Waals surface area contributed by atoms with Crippen LogP contribution < -0.4 is 4.74 Å². The summed E-state index contributed by atoms with van der Waals surface area (Å²) < 4.78 is 20.2. The van der Waals surface area contributed by atoms with Gasteiger partial charge in [-0.25, -0.2) is 4.39 Å². The molecule has 20 heavy (non-hydrogen) atoms. The van der Waals surface area contributed by atoms with E-state index < -0.39 is 18.0 Å². The molecule has 2 aromatic rings. The number of aliphatic hydroxyl groups excluding tert-OH is 1. The molecular formula is C15H11BrClFO2. The zero-order valence-electron chi connectivity index (χ0n) is 10.3. The third kappa shape index (κ3) is 2.68. The Morgan fingerprint density at radius 2 is 2.05 bits per heavy atom. The van der Waals surface area contributed by atoms with Gasteiger partial charge >= 0.3 is 0 Å². The second kappa shape index (κ2) is 5.35. The van der Waals surface area contributed by atoms with Crippen LogP contribution in [-0.2, 0) is 0 Å². The lowest BCUT2D eigenvalue weighted by molar-refractivity contribution is 0.0655. The van der Waals surface area contributed by atoms with Gasteiger partial charge in [0, 0.05) is 21.5 Å². The lowest BCUT2D eigenvalue weighted by atomic mass is 9.95. The Morgan fingerprint density at radius 1 is 1.25 bits per heavy atom. The van der Waals surface area contributed by atoms with Crippen LogP contribution in [0, 0.1) is 5.82 Å². The maximum Gasteiger partial charge on any atom is 0.127 e.